The lowest BCUT2D eigenvalue weighted by molar-refractivity contribution is -0.156. The van der Waals surface area contributed by atoms with Gasteiger partial charge in [0.2, 0.25) is 11.8 Å². The molecule has 4 aliphatic rings. The molecule has 4 fully saturated rings. The molecule has 4 rings (SSSR count). The number of hydrogen-bond donors (Lipinski definition) is 3. The average molecular weight is 391 g/mol. The summed E-state index contributed by atoms with van der Waals surface area (Å²) in [6.07, 6.45) is 5.96. The van der Waals surface area contributed by atoms with Crippen molar-refractivity contribution >= 4 is 11.8 Å². The molecule has 1 unspecified atom stereocenters. The Morgan fingerprint density at radius 2 is 1.79 bits per heavy atom. The summed E-state index contributed by atoms with van der Waals surface area (Å²) in [6.45, 7) is 10.8. The molecule has 0 aromatic carbocycles. The predicted molar refractivity (Wildman–Crippen MR) is 108 cm³/mol. The van der Waals surface area contributed by atoms with Crippen LogP contribution in [0.3, 0.4) is 0 Å². The molecule has 1 saturated heterocycles. The summed E-state index contributed by atoms with van der Waals surface area (Å²) in [5.41, 5.74) is -0.203. The van der Waals surface area contributed by atoms with Crippen LogP contribution in [0.25, 0.3) is 0 Å². The van der Waals surface area contributed by atoms with Gasteiger partial charge in [-0.1, -0.05) is 13.8 Å². The van der Waals surface area contributed by atoms with Crippen LogP contribution in [-0.2, 0) is 9.59 Å². The maximum absolute atomic E-state index is 13.1. The largest absolute Gasteiger partial charge is 0.391 e. The third-order valence-corrected chi connectivity index (χ3v) is 8.91. The van der Waals surface area contributed by atoms with E-state index in [2.05, 4.69) is 24.5 Å². The van der Waals surface area contributed by atoms with Gasteiger partial charge < -0.3 is 15.7 Å². The second-order valence-corrected chi connectivity index (χ2v) is 11.6. The molecule has 5 heteroatoms. The minimum absolute atomic E-state index is 0.0245. The predicted octanol–water partition coefficient (Wildman–Crippen LogP) is 3.01. The quantitative estimate of drug-likeness (QED) is 0.644. The smallest absolute Gasteiger partial charge is 0.224 e. The van der Waals surface area contributed by atoms with Crippen LogP contribution in [0.2, 0.25) is 0 Å². The van der Waals surface area contributed by atoms with E-state index in [1.54, 1.807) is 0 Å². The first-order valence-corrected chi connectivity index (χ1v) is 11.3. The molecule has 1 heterocycles. The summed E-state index contributed by atoms with van der Waals surface area (Å²) in [4.78, 5) is 25.0. The fourth-order valence-electron chi connectivity index (χ4n) is 7.64. The molecular weight excluding hydrogens is 352 g/mol. The number of rotatable bonds is 1. The third-order valence-electron chi connectivity index (χ3n) is 8.91. The van der Waals surface area contributed by atoms with Gasteiger partial charge in [-0.05, 0) is 87.9 Å². The summed E-state index contributed by atoms with van der Waals surface area (Å²) in [5.74, 6) is 1.85. The fourth-order valence-corrected chi connectivity index (χ4v) is 7.64. The number of carbonyl (C=O) groups excluding carboxylic acids is 2. The summed E-state index contributed by atoms with van der Waals surface area (Å²) < 4.78 is 0. The number of amides is 2. The van der Waals surface area contributed by atoms with Crippen molar-refractivity contribution in [3.63, 3.8) is 0 Å². The molecule has 3 saturated carbocycles. The van der Waals surface area contributed by atoms with Crippen LogP contribution in [0.1, 0.15) is 79.6 Å². The van der Waals surface area contributed by atoms with Crippen molar-refractivity contribution in [2.75, 3.05) is 0 Å². The number of carbonyl (C=O) groups is 2. The van der Waals surface area contributed by atoms with Gasteiger partial charge in [-0.25, -0.2) is 0 Å². The van der Waals surface area contributed by atoms with E-state index >= 15 is 0 Å². The van der Waals surface area contributed by atoms with Crippen molar-refractivity contribution < 1.29 is 14.7 Å². The Morgan fingerprint density at radius 1 is 1.11 bits per heavy atom. The minimum atomic E-state index is -0.472. The topological polar surface area (TPSA) is 78.4 Å². The molecular formula is C23H38N2O3. The van der Waals surface area contributed by atoms with Crippen molar-refractivity contribution in [1.82, 2.24) is 10.6 Å². The normalized spacial score (nSPS) is 48.1. The molecule has 0 radical (unpaired) electrons. The van der Waals surface area contributed by atoms with Crippen LogP contribution in [0, 0.1) is 34.5 Å². The zero-order valence-electron chi connectivity index (χ0n) is 18.2. The first kappa shape index (κ1) is 20.2. The lowest BCUT2D eigenvalue weighted by Gasteiger charge is -2.61. The Labute approximate surface area is 169 Å². The molecule has 8 atom stereocenters. The molecule has 0 spiro atoms. The van der Waals surface area contributed by atoms with Crippen LogP contribution in [0.5, 0.6) is 0 Å². The lowest BCUT2D eigenvalue weighted by Crippen LogP contribution is -2.66. The molecule has 0 bridgehead atoms. The molecule has 0 aromatic rings. The summed E-state index contributed by atoms with van der Waals surface area (Å²) in [5, 5.41) is 17.3. The SMILES string of the molecule is CC(C)(C)NC(=O)[C@H]1CC[C@H]2[C@@H]3C[C@H](O)C4NC(=O)CC[C@]4(C)[C@H]3CC[C@]12C. The highest BCUT2D eigenvalue weighted by molar-refractivity contribution is 5.80. The molecule has 158 valence electrons. The molecule has 0 aromatic heterocycles. The summed E-state index contributed by atoms with van der Waals surface area (Å²) in [7, 11) is 0. The summed E-state index contributed by atoms with van der Waals surface area (Å²) in [6, 6.07) is -0.110. The van der Waals surface area contributed by atoms with Gasteiger partial charge in [0.15, 0.2) is 0 Å². The fraction of sp³-hybridized carbons (Fsp3) is 0.913. The molecule has 28 heavy (non-hydrogen) atoms. The molecule has 3 N–H and O–H groups in total. The number of piperidine rings is 1. The van der Waals surface area contributed by atoms with Gasteiger partial charge in [0.25, 0.3) is 0 Å². The van der Waals surface area contributed by atoms with Gasteiger partial charge in [-0.2, -0.15) is 0 Å². The Kier molecular flexibility index (Phi) is 4.65. The zero-order chi connectivity index (χ0) is 20.5. The standard InChI is InChI=1S/C23H38N2O3/c1-21(2,3)25-20(28)16-7-6-14-13-12-17(26)19-23(5,11-9-18(27)24-19)15(13)8-10-22(14,16)4/h13-17,19,26H,6-12H2,1-5H3,(H,24,27)(H,25,28)/t13-,14-,15-,16+,17-,19?,22-,23+/m0/s1. The number of nitrogens with one attached hydrogen (secondary N) is 2. The number of fused-ring (bicyclic) bond motifs is 5. The first-order chi connectivity index (χ1) is 13.0. The van der Waals surface area contributed by atoms with Crippen LogP contribution in [-0.4, -0.2) is 34.6 Å². The van der Waals surface area contributed by atoms with E-state index in [0.717, 1.165) is 38.5 Å². The van der Waals surface area contributed by atoms with Crippen molar-refractivity contribution in [3.05, 3.63) is 0 Å². The maximum Gasteiger partial charge on any atom is 0.224 e. The minimum Gasteiger partial charge on any atom is -0.391 e. The molecule has 1 aliphatic heterocycles. The van der Waals surface area contributed by atoms with E-state index < -0.39 is 6.10 Å². The van der Waals surface area contributed by atoms with Gasteiger partial charge >= 0.3 is 0 Å². The maximum atomic E-state index is 13.1. The van der Waals surface area contributed by atoms with E-state index in [4.69, 9.17) is 0 Å². The molecule has 5 nitrogen and oxygen atoms in total. The highest BCUT2D eigenvalue weighted by Gasteiger charge is 2.63. The average Bonchev–Trinajstić information content (AvgIpc) is 2.93. The van der Waals surface area contributed by atoms with E-state index in [-0.39, 0.29) is 40.1 Å². The van der Waals surface area contributed by atoms with Gasteiger partial charge in [-0.15, -0.1) is 0 Å². The van der Waals surface area contributed by atoms with Crippen LogP contribution in [0.15, 0.2) is 0 Å². The molecule has 2 amide bonds. The Morgan fingerprint density at radius 3 is 2.46 bits per heavy atom. The Balaban J connectivity index is 1.59. The van der Waals surface area contributed by atoms with Gasteiger partial charge in [0.1, 0.15) is 0 Å². The second kappa shape index (κ2) is 6.45. The van der Waals surface area contributed by atoms with Crippen LogP contribution >= 0.6 is 0 Å². The van der Waals surface area contributed by atoms with E-state index in [0.29, 0.717) is 24.2 Å². The zero-order valence-corrected chi connectivity index (χ0v) is 18.2. The van der Waals surface area contributed by atoms with E-state index in [1.165, 1.54) is 0 Å². The first-order valence-electron chi connectivity index (χ1n) is 11.3. The summed E-state index contributed by atoms with van der Waals surface area (Å²) >= 11 is 0. The van der Waals surface area contributed by atoms with E-state index in [9.17, 15) is 14.7 Å². The Hall–Kier alpha value is -1.10. The highest BCUT2D eigenvalue weighted by atomic mass is 16.3. The van der Waals surface area contributed by atoms with Crippen molar-refractivity contribution in [2.24, 2.45) is 34.5 Å². The van der Waals surface area contributed by atoms with Gasteiger partial charge in [0, 0.05) is 17.9 Å². The number of hydrogen-bond acceptors (Lipinski definition) is 3. The molecule has 3 aliphatic carbocycles. The highest BCUT2D eigenvalue weighted by Crippen LogP contribution is 2.65. The number of aliphatic hydroxyl groups is 1. The van der Waals surface area contributed by atoms with Crippen molar-refractivity contribution in [2.45, 2.75) is 97.2 Å². The third kappa shape index (κ3) is 3.00. The monoisotopic (exact) mass is 390 g/mol. The second-order valence-electron chi connectivity index (χ2n) is 11.6. The van der Waals surface area contributed by atoms with Crippen LogP contribution in [0.4, 0.5) is 0 Å². The van der Waals surface area contributed by atoms with Crippen molar-refractivity contribution in [3.8, 4) is 0 Å². The van der Waals surface area contributed by atoms with Crippen molar-refractivity contribution in [1.29, 1.82) is 0 Å². The van der Waals surface area contributed by atoms with E-state index in [1.807, 2.05) is 20.8 Å². The van der Waals surface area contributed by atoms with Gasteiger partial charge in [0.05, 0.1) is 12.1 Å². The van der Waals surface area contributed by atoms with Gasteiger partial charge in [-0.3, -0.25) is 9.59 Å². The number of aliphatic hydroxyl groups excluding tert-OH is 1. The lowest BCUT2D eigenvalue weighted by atomic mass is 9.46. The Bertz CT molecular complexity index is 671. The van der Waals surface area contributed by atoms with Crippen LogP contribution < -0.4 is 10.6 Å².